The molecular weight excluding hydrogens is 471 g/mol. The minimum absolute atomic E-state index is 0.0100. The molecule has 0 radical (unpaired) electrons. The van der Waals surface area contributed by atoms with Crippen LogP contribution < -0.4 is 5.32 Å². The van der Waals surface area contributed by atoms with Crippen molar-refractivity contribution >= 4 is 29.1 Å². The molecule has 1 N–H and O–H groups in total. The highest BCUT2D eigenvalue weighted by molar-refractivity contribution is 6.31. The van der Waals surface area contributed by atoms with Crippen LogP contribution in [0.1, 0.15) is 39.0 Å². The number of nitriles is 1. The Balaban J connectivity index is 1.85. The number of hydrogen-bond acceptors (Lipinski definition) is 4. The van der Waals surface area contributed by atoms with Crippen LogP contribution in [0.4, 0.5) is 18.9 Å². The van der Waals surface area contributed by atoms with E-state index in [1.165, 1.54) is 47.4 Å². The van der Waals surface area contributed by atoms with Gasteiger partial charge in [0, 0.05) is 35.1 Å². The van der Waals surface area contributed by atoms with Gasteiger partial charge in [-0.3, -0.25) is 14.3 Å². The Labute approximate surface area is 197 Å². The van der Waals surface area contributed by atoms with E-state index in [9.17, 15) is 28.0 Å². The second-order valence-electron chi connectivity index (χ2n) is 7.83. The van der Waals surface area contributed by atoms with E-state index in [0.29, 0.717) is 10.5 Å². The number of aryl methyl sites for hydroxylation is 1. The summed E-state index contributed by atoms with van der Waals surface area (Å²) in [7, 11) is 1.58. The van der Waals surface area contributed by atoms with Gasteiger partial charge in [-0.2, -0.15) is 23.5 Å². The van der Waals surface area contributed by atoms with Gasteiger partial charge < -0.3 is 10.2 Å². The van der Waals surface area contributed by atoms with Crippen molar-refractivity contribution in [2.24, 2.45) is 7.05 Å². The molecule has 1 aromatic heterocycles. The smallest absolute Gasteiger partial charge is 0.325 e. The zero-order chi connectivity index (χ0) is 24.6. The third-order valence-corrected chi connectivity index (χ3v) is 5.65. The summed E-state index contributed by atoms with van der Waals surface area (Å²) in [5.74, 6) is -2.68. The maximum Gasteiger partial charge on any atom is 0.406 e. The highest BCUT2D eigenvalue weighted by Crippen LogP contribution is 2.44. The molecule has 174 valence electrons. The van der Waals surface area contributed by atoms with Gasteiger partial charge in [0.15, 0.2) is 0 Å². The molecule has 2 heterocycles. The van der Waals surface area contributed by atoms with Crippen LogP contribution in [0.2, 0.25) is 5.02 Å². The number of rotatable bonds is 4. The average molecular weight is 488 g/mol. The van der Waals surface area contributed by atoms with E-state index >= 15 is 0 Å². The monoisotopic (exact) mass is 487 g/mol. The number of amides is 2. The normalized spacial score (nSPS) is 17.8. The van der Waals surface area contributed by atoms with Gasteiger partial charge in [0.1, 0.15) is 6.54 Å². The average Bonchev–Trinajstić information content (AvgIpc) is 3.19. The fourth-order valence-corrected chi connectivity index (χ4v) is 4.39. The summed E-state index contributed by atoms with van der Waals surface area (Å²) < 4.78 is 42.0. The largest absolute Gasteiger partial charge is 0.406 e. The molecule has 0 unspecified atom stereocenters. The number of fused-ring (bicyclic) bond motifs is 1. The molecule has 2 amide bonds. The van der Waals surface area contributed by atoms with Crippen LogP contribution in [0.3, 0.4) is 0 Å². The van der Waals surface area contributed by atoms with Gasteiger partial charge >= 0.3 is 6.18 Å². The lowest BCUT2D eigenvalue weighted by Gasteiger charge is -2.41. The number of aromatic nitrogens is 2. The summed E-state index contributed by atoms with van der Waals surface area (Å²) in [5.41, 5.74) is 0.981. The molecule has 1 aliphatic rings. The number of carbonyl (C=O) groups is 2. The van der Waals surface area contributed by atoms with E-state index in [0.717, 1.165) is 0 Å². The molecule has 3 aromatic rings. The third kappa shape index (κ3) is 4.61. The molecule has 11 heteroatoms. The molecule has 2 aromatic carbocycles. The first-order valence-electron chi connectivity index (χ1n) is 10.0. The van der Waals surface area contributed by atoms with E-state index in [1.807, 2.05) is 6.07 Å². The van der Waals surface area contributed by atoms with Crippen molar-refractivity contribution in [2.75, 3.05) is 11.9 Å². The number of benzene rings is 2. The fourth-order valence-electron chi connectivity index (χ4n) is 4.15. The minimum atomic E-state index is -4.70. The Morgan fingerprint density at radius 1 is 1.26 bits per heavy atom. The predicted octanol–water partition coefficient (Wildman–Crippen LogP) is 4.43. The van der Waals surface area contributed by atoms with Crippen molar-refractivity contribution in [2.45, 2.75) is 18.1 Å². The Hall–Kier alpha value is -3.84. The van der Waals surface area contributed by atoms with Gasteiger partial charge in [0.25, 0.3) is 5.91 Å². The Kier molecular flexibility index (Phi) is 6.06. The number of halogens is 4. The van der Waals surface area contributed by atoms with Crippen LogP contribution in [0.25, 0.3) is 0 Å². The van der Waals surface area contributed by atoms with Gasteiger partial charge in [-0.05, 0) is 29.8 Å². The summed E-state index contributed by atoms with van der Waals surface area (Å²) in [6.07, 6.45) is -1.89. The van der Waals surface area contributed by atoms with Gasteiger partial charge in [0.2, 0.25) is 5.91 Å². The number of carbonyl (C=O) groups excluding carboxylic acids is 2. The highest BCUT2D eigenvalue weighted by Gasteiger charge is 2.48. The lowest BCUT2D eigenvalue weighted by atomic mass is 9.79. The lowest BCUT2D eigenvalue weighted by Crippen LogP contribution is -2.49. The number of alkyl halides is 3. The van der Waals surface area contributed by atoms with Crippen LogP contribution in [-0.4, -0.2) is 39.2 Å². The Morgan fingerprint density at radius 3 is 2.65 bits per heavy atom. The number of nitrogens with zero attached hydrogens (tertiary/aromatic N) is 4. The first kappa shape index (κ1) is 23.3. The van der Waals surface area contributed by atoms with Gasteiger partial charge in [-0.1, -0.05) is 29.8 Å². The van der Waals surface area contributed by atoms with E-state index in [2.05, 4.69) is 10.4 Å². The number of hydrogen-bond donors (Lipinski definition) is 1. The highest BCUT2D eigenvalue weighted by atomic mass is 35.5. The van der Waals surface area contributed by atoms with Crippen molar-refractivity contribution in [1.82, 2.24) is 14.7 Å². The van der Waals surface area contributed by atoms with E-state index < -0.39 is 36.5 Å². The lowest BCUT2D eigenvalue weighted by molar-refractivity contribution is -0.148. The standard InChI is InChI=1S/C23H17ClF3N5O2/c1-31-11-14(10-29-31)20-19(21(33)30-16-7-13(9-28)6-15(24)8-16)17-4-2-3-5-18(17)22(34)32(20)12-23(25,26)27/h2-8,10-11,19-20H,12H2,1H3,(H,30,33)/t19-,20+/m0/s1. The van der Waals surface area contributed by atoms with E-state index in [1.54, 1.807) is 19.2 Å². The Morgan fingerprint density at radius 2 is 2.00 bits per heavy atom. The zero-order valence-corrected chi connectivity index (χ0v) is 18.4. The summed E-state index contributed by atoms with van der Waals surface area (Å²) in [6.45, 7) is -1.54. The van der Waals surface area contributed by atoms with Crippen molar-refractivity contribution < 1.29 is 22.8 Å². The van der Waals surface area contributed by atoms with E-state index in [-0.39, 0.29) is 27.4 Å². The Bertz CT molecular complexity index is 1310. The van der Waals surface area contributed by atoms with E-state index in [4.69, 9.17) is 11.6 Å². The SMILES string of the molecule is Cn1cc([C@@H]2[C@@H](C(=O)Nc3cc(Cl)cc(C#N)c3)c3ccccc3C(=O)N2CC(F)(F)F)cn1. The molecule has 4 rings (SSSR count). The summed E-state index contributed by atoms with van der Waals surface area (Å²) >= 11 is 6.03. The van der Waals surface area contributed by atoms with Gasteiger partial charge in [0.05, 0.1) is 29.8 Å². The van der Waals surface area contributed by atoms with Gasteiger partial charge in [-0.25, -0.2) is 0 Å². The maximum absolute atomic E-state index is 13.6. The second-order valence-corrected chi connectivity index (χ2v) is 8.27. The molecule has 34 heavy (non-hydrogen) atoms. The third-order valence-electron chi connectivity index (χ3n) is 5.43. The predicted molar refractivity (Wildman–Crippen MR) is 117 cm³/mol. The first-order chi connectivity index (χ1) is 16.1. The molecule has 1 aliphatic heterocycles. The molecule has 0 saturated carbocycles. The molecule has 0 bridgehead atoms. The maximum atomic E-state index is 13.6. The van der Waals surface area contributed by atoms with Crippen LogP contribution in [0.15, 0.2) is 54.9 Å². The number of nitrogens with one attached hydrogen (secondary N) is 1. The van der Waals surface area contributed by atoms with Crippen molar-refractivity contribution in [3.63, 3.8) is 0 Å². The summed E-state index contributed by atoms with van der Waals surface area (Å²) in [4.78, 5) is 27.4. The summed E-state index contributed by atoms with van der Waals surface area (Å²) in [5, 5.41) is 16.1. The molecule has 0 aliphatic carbocycles. The van der Waals surface area contributed by atoms with Crippen molar-refractivity contribution in [1.29, 1.82) is 5.26 Å². The summed E-state index contributed by atoms with van der Waals surface area (Å²) in [6, 6.07) is 11.0. The fraction of sp³-hybridized carbons (Fsp3) is 0.217. The van der Waals surface area contributed by atoms with Crippen LogP contribution in [-0.2, 0) is 11.8 Å². The quantitative estimate of drug-likeness (QED) is 0.589. The zero-order valence-electron chi connectivity index (χ0n) is 17.7. The first-order valence-corrected chi connectivity index (χ1v) is 10.4. The van der Waals surface area contributed by atoms with Gasteiger partial charge in [-0.15, -0.1) is 0 Å². The molecular formula is C23H17ClF3N5O2. The van der Waals surface area contributed by atoms with Crippen LogP contribution in [0.5, 0.6) is 0 Å². The molecule has 2 atom stereocenters. The second kappa shape index (κ2) is 8.83. The van der Waals surface area contributed by atoms with Crippen molar-refractivity contribution in [3.8, 4) is 6.07 Å². The molecule has 0 spiro atoms. The molecule has 7 nitrogen and oxygen atoms in total. The van der Waals surface area contributed by atoms with Crippen molar-refractivity contribution in [3.05, 3.63) is 82.1 Å². The number of anilines is 1. The minimum Gasteiger partial charge on any atom is -0.325 e. The van der Waals surface area contributed by atoms with Crippen LogP contribution in [0, 0.1) is 11.3 Å². The topological polar surface area (TPSA) is 91.0 Å². The molecule has 0 fully saturated rings. The molecule has 0 saturated heterocycles. The van der Waals surface area contributed by atoms with Crippen LogP contribution >= 0.6 is 11.6 Å².